The minimum Gasteiger partial charge on any atom is -0.480 e. The Morgan fingerprint density at radius 2 is 1.02 bits per heavy atom. The van der Waals surface area contributed by atoms with Crippen molar-refractivity contribution < 1.29 is 53.6 Å². The van der Waals surface area contributed by atoms with Gasteiger partial charge < -0.3 is 34.6 Å². The number of aliphatic carboxylic acids is 3. The quantitative estimate of drug-likeness (QED) is 0.0440. The van der Waals surface area contributed by atoms with E-state index in [0.29, 0.717) is 45.6 Å². The van der Waals surface area contributed by atoms with Crippen LogP contribution in [0.2, 0.25) is 0 Å². The van der Waals surface area contributed by atoms with Crippen molar-refractivity contribution in [3.05, 3.63) is 24.3 Å². The summed E-state index contributed by atoms with van der Waals surface area (Å²) in [5.41, 5.74) is 0. The van der Waals surface area contributed by atoms with E-state index in [9.17, 15) is 33.9 Å². The Morgan fingerprint density at radius 1 is 0.559 bits per heavy atom. The third-order valence-electron chi connectivity index (χ3n) is 9.81. The maximum atomic E-state index is 13.2. The number of carbonyl (C=O) groups excluding carboxylic acids is 3. The number of unbranched alkanes of at least 4 members (excludes halogenated alkanes) is 10. The third-order valence-corrected chi connectivity index (χ3v) is 9.81. The normalized spacial score (nSPS) is 12.3. The lowest BCUT2D eigenvalue weighted by Gasteiger charge is -2.29. The smallest absolute Gasteiger partial charge is 0.317 e. The number of hydrogen-bond donors (Lipinski definition) is 3. The summed E-state index contributed by atoms with van der Waals surface area (Å²) in [6.07, 6.45) is 20.6. The molecule has 0 fully saturated rings. The summed E-state index contributed by atoms with van der Waals surface area (Å²) < 4.78 is 11.4. The molecule has 0 saturated carbocycles. The van der Waals surface area contributed by atoms with E-state index in [-0.39, 0.29) is 57.2 Å². The molecule has 1 unspecified atom stereocenters. The van der Waals surface area contributed by atoms with Gasteiger partial charge in [0.25, 0.3) is 0 Å². The van der Waals surface area contributed by atoms with Crippen molar-refractivity contribution in [2.24, 2.45) is 0 Å². The summed E-state index contributed by atoms with van der Waals surface area (Å²) >= 11 is 0. The molecule has 3 N–H and O–H groups in total. The zero-order chi connectivity index (χ0) is 44.3. The van der Waals surface area contributed by atoms with E-state index in [4.69, 9.17) is 19.7 Å². The van der Waals surface area contributed by atoms with Gasteiger partial charge in [-0.1, -0.05) is 69.8 Å². The average Bonchev–Trinajstić information content (AvgIpc) is 3.17. The molecule has 0 bridgehead atoms. The summed E-state index contributed by atoms with van der Waals surface area (Å²) in [6, 6.07) is 0. The minimum atomic E-state index is -1.18. The second kappa shape index (κ2) is 36.0. The van der Waals surface area contributed by atoms with Gasteiger partial charge in [-0.05, 0) is 66.0 Å². The van der Waals surface area contributed by atoms with Crippen molar-refractivity contribution >= 4 is 35.8 Å². The monoisotopic (exact) mass is 840 g/mol. The van der Waals surface area contributed by atoms with Gasteiger partial charge >= 0.3 is 29.8 Å². The number of ether oxygens (including phenoxy) is 2. The highest BCUT2D eigenvalue weighted by atomic mass is 16.6. The van der Waals surface area contributed by atoms with Gasteiger partial charge in [-0.15, -0.1) is 0 Å². The Hall–Kier alpha value is -3.86. The molecule has 1 atom stereocenters. The fraction of sp³-hybridized carbons (Fsp3) is 0.767. The van der Waals surface area contributed by atoms with Gasteiger partial charge in [-0.3, -0.25) is 43.5 Å². The van der Waals surface area contributed by atoms with Gasteiger partial charge in [0.1, 0.15) is 12.7 Å². The predicted molar refractivity (Wildman–Crippen MR) is 228 cm³/mol. The average molecular weight is 840 g/mol. The predicted octanol–water partition coefficient (Wildman–Crippen LogP) is 4.62. The van der Waals surface area contributed by atoms with Crippen molar-refractivity contribution in [3.8, 4) is 0 Å². The highest BCUT2D eigenvalue weighted by Crippen LogP contribution is 2.11. The van der Waals surface area contributed by atoms with Crippen LogP contribution in [0.15, 0.2) is 24.3 Å². The Morgan fingerprint density at radius 3 is 1.53 bits per heavy atom. The SMILES string of the molecule is C/C=C\CCCCCCCC(=O)OC(COC(=O)CCCCCCC/C=C/C)CN(C)CCN(C)C(=O)CN(CC)CCN(CCN(CC(=O)O)CC(=O)O)CC(=O)O. The number of amides is 1. The van der Waals surface area contributed by atoms with E-state index in [1.807, 2.05) is 37.6 Å². The molecule has 1 amide bonds. The number of carbonyl (C=O) groups is 6. The molecule has 0 aliphatic heterocycles. The van der Waals surface area contributed by atoms with Crippen LogP contribution in [0.1, 0.15) is 111 Å². The number of hydrogen-bond acceptors (Lipinski definition) is 12. The van der Waals surface area contributed by atoms with Gasteiger partial charge in [0.2, 0.25) is 5.91 Å². The number of rotatable bonds is 39. The van der Waals surface area contributed by atoms with Crippen LogP contribution in [0.5, 0.6) is 0 Å². The van der Waals surface area contributed by atoms with E-state index in [1.165, 1.54) is 4.90 Å². The minimum absolute atomic E-state index is 0.0422. The molecule has 0 aliphatic rings. The Kier molecular flexibility index (Phi) is 33.7. The number of nitrogens with zero attached hydrogens (tertiary/aromatic N) is 5. The molecule has 16 nitrogen and oxygen atoms in total. The molecule has 0 radical (unpaired) electrons. The van der Waals surface area contributed by atoms with E-state index < -0.39 is 37.1 Å². The van der Waals surface area contributed by atoms with Crippen LogP contribution in [0.4, 0.5) is 0 Å². The second-order valence-corrected chi connectivity index (χ2v) is 15.2. The lowest BCUT2D eigenvalue weighted by atomic mass is 10.1. The Balaban J connectivity index is 5.12. The number of likely N-dealkylation sites (N-methyl/N-ethyl adjacent to an activating group) is 3. The molecular weight excluding hydrogens is 762 g/mol. The zero-order valence-corrected chi connectivity index (χ0v) is 36.8. The van der Waals surface area contributed by atoms with Gasteiger partial charge in [-0.2, -0.15) is 0 Å². The van der Waals surface area contributed by atoms with E-state index >= 15 is 0 Å². The summed E-state index contributed by atoms with van der Waals surface area (Å²) in [5, 5.41) is 27.7. The van der Waals surface area contributed by atoms with Crippen LogP contribution >= 0.6 is 0 Å². The molecule has 340 valence electrons. The Labute approximate surface area is 353 Å². The first-order valence-corrected chi connectivity index (χ1v) is 21.5. The maximum absolute atomic E-state index is 13.2. The molecule has 0 saturated heterocycles. The third kappa shape index (κ3) is 33.6. The first-order chi connectivity index (χ1) is 28.2. The topological polar surface area (TPSA) is 198 Å². The lowest BCUT2D eigenvalue weighted by molar-refractivity contribution is -0.160. The van der Waals surface area contributed by atoms with Crippen LogP contribution in [-0.2, 0) is 38.2 Å². The van der Waals surface area contributed by atoms with E-state index in [2.05, 4.69) is 24.3 Å². The van der Waals surface area contributed by atoms with Gasteiger partial charge in [0, 0.05) is 65.7 Å². The van der Waals surface area contributed by atoms with Crippen LogP contribution < -0.4 is 0 Å². The lowest BCUT2D eigenvalue weighted by Crippen LogP contribution is -2.46. The maximum Gasteiger partial charge on any atom is 0.317 e. The van der Waals surface area contributed by atoms with Crippen LogP contribution in [0, 0.1) is 0 Å². The van der Waals surface area contributed by atoms with Gasteiger partial charge in [0.05, 0.1) is 26.2 Å². The van der Waals surface area contributed by atoms with Crippen molar-refractivity contribution in [1.82, 2.24) is 24.5 Å². The molecule has 16 heteroatoms. The standard InChI is InChI=1S/C43H77N5O11/c1-6-9-11-13-15-17-19-21-23-42(56)58-36-37(59-43(57)24-22-20-18-16-14-12-10-7-2)31-44(4)25-26-45(5)38(49)32-46(8-3)27-28-47(33-39(50)51)29-30-48(34-40(52)53)35-41(54)55/h6-7,9-10,37H,8,11-36H2,1-5H3,(H,50,51)(H,52,53)(H,54,55)/b9-6+,10-7-. The number of carboxylic acids is 3. The van der Waals surface area contributed by atoms with Gasteiger partial charge in [0.15, 0.2) is 0 Å². The Bertz CT molecular complexity index is 1230. The van der Waals surface area contributed by atoms with E-state index in [0.717, 1.165) is 77.0 Å². The number of esters is 2. The summed E-state index contributed by atoms with van der Waals surface area (Å²) in [4.78, 5) is 80.7. The second-order valence-electron chi connectivity index (χ2n) is 15.2. The van der Waals surface area contributed by atoms with Gasteiger partial charge in [-0.25, -0.2) is 0 Å². The fourth-order valence-corrected chi connectivity index (χ4v) is 6.25. The van der Waals surface area contributed by atoms with Crippen LogP contribution in [-0.4, -0.2) is 181 Å². The van der Waals surface area contributed by atoms with Crippen molar-refractivity contribution in [3.63, 3.8) is 0 Å². The largest absolute Gasteiger partial charge is 0.480 e. The molecule has 0 aromatic carbocycles. The molecule has 0 aromatic rings. The zero-order valence-electron chi connectivity index (χ0n) is 36.8. The molecule has 0 heterocycles. The fourth-order valence-electron chi connectivity index (χ4n) is 6.25. The van der Waals surface area contributed by atoms with Crippen molar-refractivity contribution in [2.75, 3.05) is 99.2 Å². The first kappa shape index (κ1) is 55.1. The molecule has 0 rings (SSSR count). The highest BCUT2D eigenvalue weighted by molar-refractivity contribution is 5.78. The summed E-state index contributed by atoms with van der Waals surface area (Å²) in [5.74, 6) is -4.22. The van der Waals surface area contributed by atoms with Crippen LogP contribution in [0.25, 0.3) is 0 Å². The number of carboxylic acid groups (broad SMARTS) is 3. The molecule has 0 aromatic heterocycles. The van der Waals surface area contributed by atoms with E-state index in [1.54, 1.807) is 16.8 Å². The van der Waals surface area contributed by atoms with Crippen LogP contribution in [0.3, 0.4) is 0 Å². The number of allylic oxidation sites excluding steroid dienone is 4. The van der Waals surface area contributed by atoms with Crippen molar-refractivity contribution in [2.45, 2.75) is 117 Å². The highest BCUT2D eigenvalue weighted by Gasteiger charge is 2.22. The summed E-state index contributed by atoms with van der Waals surface area (Å²) in [6.45, 7) is 7.16. The van der Waals surface area contributed by atoms with Crippen molar-refractivity contribution in [1.29, 1.82) is 0 Å². The molecule has 0 aliphatic carbocycles. The molecular formula is C43H77N5O11. The molecule has 0 spiro atoms. The first-order valence-electron chi connectivity index (χ1n) is 21.5. The molecule has 59 heavy (non-hydrogen) atoms. The summed E-state index contributed by atoms with van der Waals surface area (Å²) in [7, 11) is 3.55.